The lowest BCUT2D eigenvalue weighted by Gasteiger charge is -2.07. The van der Waals surface area contributed by atoms with E-state index in [1.54, 1.807) is 13.0 Å². The third kappa shape index (κ3) is 4.49. The van der Waals surface area contributed by atoms with Gasteiger partial charge in [-0.2, -0.15) is 18.3 Å². The number of hydrogen-bond donors (Lipinski definition) is 0. The first-order valence-electron chi connectivity index (χ1n) is 7.37. The Morgan fingerprint density at radius 1 is 1.26 bits per heavy atom. The van der Waals surface area contributed by atoms with E-state index in [4.69, 9.17) is 27.9 Å². The van der Waals surface area contributed by atoms with Crippen LogP contribution in [0, 0.1) is 18.8 Å². The Hall–Kier alpha value is -2.37. The van der Waals surface area contributed by atoms with Crippen LogP contribution in [0.1, 0.15) is 16.8 Å². The molecule has 0 unspecified atom stereocenters. The zero-order valence-electron chi connectivity index (χ0n) is 14.7. The van der Waals surface area contributed by atoms with Gasteiger partial charge in [-0.1, -0.05) is 29.1 Å². The number of oxime groups is 1. The second-order valence-corrected chi connectivity index (χ2v) is 6.10. The highest BCUT2D eigenvalue weighted by molar-refractivity contribution is 6.34. The van der Waals surface area contributed by atoms with Crippen molar-refractivity contribution in [2.24, 2.45) is 12.2 Å². The summed E-state index contributed by atoms with van der Waals surface area (Å²) in [4.78, 5) is 4.58. The zero-order chi connectivity index (χ0) is 20.4. The molecular weight excluding hydrogens is 406 g/mol. The first-order valence-corrected chi connectivity index (χ1v) is 8.13. The first kappa shape index (κ1) is 20.9. The van der Waals surface area contributed by atoms with Crippen LogP contribution in [-0.2, 0) is 22.8 Å². The molecule has 0 spiro atoms. The highest BCUT2D eigenvalue weighted by Crippen LogP contribution is 2.40. The maximum absolute atomic E-state index is 13.2. The molecule has 2 aromatic rings. The van der Waals surface area contributed by atoms with Crippen molar-refractivity contribution in [2.75, 3.05) is 14.2 Å². The summed E-state index contributed by atoms with van der Waals surface area (Å²) in [7, 11) is 3.87. The van der Waals surface area contributed by atoms with Crippen LogP contribution >= 0.6 is 23.2 Å². The molecule has 0 saturated carbocycles. The summed E-state index contributed by atoms with van der Waals surface area (Å²) in [6.07, 6.45) is -4.63. The summed E-state index contributed by atoms with van der Waals surface area (Å²) >= 11 is 12.2. The van der Waals surface area contributed by atoms with E-state index in [1.807, 2.05) is 0 Å². The van der Waals surface area contributed by atoms with Gasteiger partial charge in [-0.3, -0.25) is 4.68 Å². The van der Waals surface area contributed by atoms with Crippen molar-refractivity contribution >= 4 is 29.1 Å². The Bertz CT molecular complexity index is 957. The highest BCUT2D eigenvalue weighted by Gasteiger charge is 2.39. The summed E-state index contributed by atoms with van der Waals surface area (Å²) in [5.41, 5.74) is 0.268. The molecule has 0 fully saturated rings. The zero-order valence-corrected chi connectivity index (χ0v) is 16.2. The van der Waals surface area contributed by atoms with E-state index in [0.717, 1.165) is 0 Å². The fourth-order valence-corrected chi connectivity index (χ4v) is 2.95. The van der Waals surface area contributed by atoms with Gasteiger partial charge in [-0.15, -0.1) is 0 Å². The molecule has 10 heteroatoms. The number of aromatic nitrogens is 2. The molecule has 1 aromatic carbocycles. The minimum Gasteiger partial charge on any atom is -0.473 e. The fraction of sp³-hybridized carbons (Fsp3) is 0.294. The molecule has 0 saturated heterocycles. The van der Waals surface area contributed by atoms with Crippen molar-refractivity contribution in [3.63, 3.8) is 0 Å². The van der Waals surface area contributed by atoms with E-state index in [-0.39, 0.29) is 11.6 Å². The number of halogens is 5. The number of methoxy groups -OCH3 is 1. The van der Waals surface area contributed by atoms with E-state index in [9.17, 15) is 13.2 Å². The third-order valence-electron chi connectivity index (χ3n) is 3.50. The van der Waals surface area contributed by atoms with Gasteiger partial charge in [0.05, 0.1) is 17.2 Å². The number of alkyl halides is 3. The summed E-state index contributed by atoms with van der Waals surface area (Å²) in [5.74, 6) is 5.36. The average molecular weight is 420 g/mol. The molecule has 5 nitrogen and oxygen atoms in total. The molecule has 27 heavy (non-hydrogen) atoms. The van der Waals surface area contributed by atoms with Gasteiger partial charge in [0.2, 0.25) is 0 Å². The van der Waals surface area contributed by atoms with Crippen LogP contribution in [0.5, 0.6) is 0 Å². The summed E-state index contributed by atoms with van der Waals surface area (Å²) < 4.78 is 45.1. The fourth-order valence-electron chi connectivity index (χ4n) is 2.32. The molecule has 144 valence electrons. The Morgan fingerprint density at radius 3 is 2.44 bits per heavy atom. The van der Waals surface area contributed by atoms with Crippen molar-refractivity contribution in [3.8, 4) is 23.1 Å². The molecular formula is C17H14Cl2F3N3O2. The number of benzene rings is 1. The molecule has 0 aliphatic rings. The van der Waals surface area contributed by atoms with E-state index in [1.165, 1.54) is 27.3 Å². The number of ether oxygens (including phenoxy) is 1. The molecule has 1 aromatic heterocycles. The molecule has 1 heterocycles. The normalized spacial score (nSPS) is 11.8. The average Bonchev–Trinajstić information content (AvgIpc) is 2.87. The Labute approximate surface area is 163 Å². The standard InChI is InChI=1S/C17H14Cl2F3N3O2/c1-9-7-12(18)10(5-6-13(26-3)24-27-4)8-11(9)15-14(19)16(17(20,21)22)25(2)23-15/h7-8H,1-4H3/b24-13-. The number of aryl methyl sites for hydroxylation is 2. The lowest BCUT2D eigenvalue weighted by Crippen LogP contribution is -2.12. The molecule has 0 N–H and O–H groups in total. The van der Waals surface area contributed by atoms with Crippen LogP contribution in [-0.4, -0.2) is 29.9 Å². The van der Waals surface area contributed by atoms with Crippen LogP contribution in [0.2, 0.25) is 10.0 Å². The maximum Gasteiger partial charge on any atom is 0.434 e. The van der Waals surface area contributed by atoms with Crippen LogP contribution in [0.4, 0.5) is 13.2 Å². The van der Waals surface area contributed by atoms with Gasteiger partial charge in [-0.05, 0) is 29.8 Å². The van der Waals surface area contributed by atoms with Crippen molar-refractivity contribution < 1.29 is 22.7 Å². The third-order valence-corrected chi connectivity index (χ3v) is 4.17. The van der Waals surface area contributed by atoms with Gasteiger partial charge < -0.3 is 9.57 Å². The van der Waals surface area contributed by atoms with Crippen molar-refractivity contribution in [2.45, 2.75) is 13.1 Å². The second-order valence-electron chi connectivity index (χ2n) is 5.31. The van der Waals surface area contributed by atoms with Gasteiger partial charge in [0.25, 0.3) is 0 Å². The summed E-state index contributed by atoms with van der Waals surface area (Å²) in [5, 5.41) is 7.29. The smallest absolute Gasteiger partial charge is 0.434 e. The lowest BCUT2D eigenvalue weighted by atomic mass is 10.0. The quantitative estimate of drug-likeness (QED) is 0.307. The van der Waals surface area contributed by atoms with Gasteiger partial charge in [-0.25, -0.2) is 0 Å². The summed E-state index contributed by atoms with van der Waals surface area (Å²) in [6, 6.07) is 3.08. The maximum atomic E-state index is 13.2. The van der Waals surface area contributed by atoms with Crippen LogP contribution in [0.3, 0.4) is 0 Å². The minimum absolute atomic E-state index is 0.00548. The highest BCUT2D eigenvalue weighted by atomic mass is 35.5. The Morgan fingerprint density at radius 2 is 1.93 bits per heavy atom. The van der Waals surface area contributed by atoms with Crippen molar-refractivity contribution in [1.82, 2.24) is 9.78 Å². The SMILES string of the molecule is CO/N=C(/C#Cc1cc(-c2nn(C)c(C(F)(F)F)c2Cl)c(C)cc1Cl)OC. The molecule has 0 aliphatic heterocycles. The molecule has 0 bridgehead atoms. The van der Waals surface area contributed by atoms with Crippen LogP contribution in [0.25, 0.3) is 11.3 Å². The van der Waals surface area contributed by atoms with Gasteiger partial charge in [0.15, 0.2) is 5.69 Å². The van der Waals surface area contributed by atoms with Crippen molar-refractivity contribution in [3.05, 3.63) is 39.0 Å². The second kappa shape index (κ2) is 8.11. The number of nitrogens with zero attached hydrogens (tertiary/aromatic N) is 3. The Kier molecular flexibility index (Phi) is 6.29. The van der Waals surface area contributed by atoms with E-state index < -0.39 is 16.9 Å². The van der Waals surface area contributed by atoms with E-state index in [2.05, 4.69) is 26.9 Å². The Balaban J connectivity index is 2.62. The molecule has 0 radical (unpaired) electrons. The predicted molar refractivity (Wildman–Crippen MR) is 96.7 cm³/mol. The monoisotopic (exact) mass is 419 g/mol. The van der Waals surface area contributed by atoms with Gasteiger partial charge in [0.1, 0.15) is 12.8 Å². The predicted octanol–water partition coefficient (Wildman–Crippen LogP) is 4.68. The number of rotatable bonds is 2. The molecule has 0 aliphatic carbocycles. The molecule has 2 rings (SSSR count). The van der Waals surface area contributed by atoms with Gasteiger partial charge in [0, 0.05) is 24.1 Å². The molecule has 0 amide bonds. The van der Waals surface area contributed by atoms with Crippen LogP contribution in [0.15, 0.2) is 17.3 Å². The minimum atomic E-state index is -4.63. The topological polar surface area (TPSA) is 48.6 Å². The summed E-state index contributed by atoms with van der Waals surface area (Å²) in [6.45, 7) is 1.68. The lowest BCUT2D eigenvalue weighted by molar-refractivity contribution is -0.143. The number of hydrogen-bond acceptors (Lipinski definition) is 4. The van der Waals surface area contributed by atoms with E-state index >= 15 is 0 Å². The largest absolute Gasteiger partial charge is 0.473 e. The van der Waals surface area contributed by atoms with Crippen molar-refractivity contribution in [1.29, 1.82) is 0 Å². The van der Waals surface area contributed by atoms with E-state index in [0.29, 0.717) is 26.4 Å². The first-order chi connectivity index (χ1) is 12.6. The molecule has 0 atom stereocenters. The van der Waals surface area contributed by atoms with Gasteiger partial charge >= 0.3 is 12.1 Å². The van der Waals surface area contributed by atoms with Crippen LogP contribution < -0.4 is 0 Å².